The van der Waals surface area contributed by atoms with E-state index in [4.69, 9.17) is 0 Å². The number of amides is 1. The molecule has 6 atom stereocenters. The van der Waals surface area contributed by atoms with Gasteiger partial charge in [0.05, 0.1) is 5.25 Å². The Morgan fingerprint density at radius 3 is 2.52 bits per heavy atom. The van der Waals surface area contributed by atoms with E-state index in [1.54, 1.807) is 0 Å². The summed E-state index contributed by atoms with van der Waals surface area (Å²) >= 11 is 0. The maximum atomic E-state index is 13.4. The van der Waals surface area contributed by atoms with Gasteiger partial charge in [-0.15, -0.1) is 0 Å². The van der Waals surface area contributed by atoms with Crippen molar-refractivity contribution in [3.05, 3.63) is 4.91 Å². The first-order valence-corrected chi connectivity index (χ1v) is 13.2. The second kappa shape index (κ2) is 9.00. The number of nitroso groups, excluding NO2 is 1. The normalized spacial score (nSPS) is 38.9. The summed E-state index contributed by atoms with van der Waals surface area (Å²) in [4.78, 5) is 23.8. The van der Waals surface area contributed by atoms with Gasteiger partial charge in [-0.05, 0) is 62.5 Å². The molecule has 1 heterocycles. The quantitative estimate of drug-likeness (QED) is 0.695. The Balaban J connectivity index is 1.37. The van der Waals surface area contributed by atoms with Crippen molar-refractivity contribution in [2.24, 2.45) is 11.8 Å². The fourth-order valence-corrected chi connectivity index (χ4v) is 8.61. The van der Waals surface area contributed by atoms with Crippen molar-refractivity contribution in [3.8, 4) is 0 Å². The summed E-state index contributed by atoms with van der Waals surface area (Å²) in [6.07, 6.45) is 11.5. The molecular formula is C21H36N3O4S+. The predicted molar refractivity (Wildman–Crippen MR) is 110 cm³/mol. The minimum Gasteiger partial charge on any atom is -0.353 e. The van der Waals surface area contributed by atoms with Crippen LogP contribution in [0.4, 0.5) is 0 Å². The molecule has 4 rings (SSSR count). The number of nitrogens with one attached hydrogen (secondary N) is 2. The molecule has 0 aromatic carbocycles. The van der Waals surface area contributed by atoms with Crippen LogP contribution in [0.5, 0.6) is 0 Å². The monoisotopic (exact) mass is 426 g/mol. The molecule has 0 aromatic heterocycles. The molecule has 0 radical (unpaired) electrons. The zero-order valence-electron chi connectivity index (χ0n) is 17.4. The molecule has 0 bridgehead atoms. The average molecular weight is 427 g/mol. The highest BCUT2D eigenvalue weighted by atomic mass is 32.2. The van der Waals surface area contributed by atoms with Crippen molar-refractivity contribution in [2.45, 2.75) is 107 Å². The molecule has 0 spiro atoms. The molecule has 29 heavy (non-hydrogen) atoms. The predicted octanol–water partition coefficient (Wildman–Crippen LogP) is 1.41. The van der Waals surface area contributed by atoms with E-state index in [1.165, 1.54) is 6.42 Å². The molecule has 1 amide bonds. The van der Waals surface area contributed by atoms with Crippen molar-refractivity contribution in [2.75, 3.05) is 6.54 Å². The first kappa shape index (κ1) is 21.2. The van der Waals surface area contributed by atoms with Crippen LogP contribution in [0.3, 0.4) is 0 Å². The minimum atomic E-state index is -3.34. The van der Waals surface area contributed by atoms with E-state index in [0.717, 1.165) is 57.8 Å². The number of hydrogen-bond donors (Lipinski definition) is 2. The van der Waals surface area contributed by atoms with E-state index < -0.39 is 15.3 Å². The van der Waals surface area contributed by atoms with Crippen molar-refractivity contribution >= 4 is 15.9 Å². The number of carbonyl (C=O) groups excluding carboxylic acids is 1. The number of hydrogen-bond acceptors (Lipinski definition) is 4. The van der Waals surface area contributed by atoms with Gasteiger partial charge in [-0.1, -0.05) is 19.3 Å². The van der Waals surface area contributed by atoms with E-state index in [0.29, 0.717) is 31.7 Å². The van der Waals surface area contributed by atoms with Crippen molar-refractivity contribution in [1.82, 2.24) is 9.62 Å². The van der Waals surface area contributed by atoms with Crippen LogP contribution in [-0.2, 0) is 14.8 Å². The van der Waals surface area contributed by atoms with Crippen LogP contribution in [0, 0.1) is 16.7 Å². The van der Waals surface area contributed by atoms with Gasteiger partial charge in [0.2, 0.25) is 22.0 Å². The van der Waals surface area contributed by atoms with Crippen molar-refractivity contribution < 1.29 is 18.4 Å². The summed E-state index contributed by atoms with van der Waals surface area (Å²) < 4.78 is 28.7. The van der Waals surface area contributed by atoms with Crippen LogP contribution >= 0.6 is 0 Å². The molecule has 8 heteroatoms. The third-order valence-electron chi connectivity index (χ3n) is 7.89. The second-order valence-corrected chi connectivity index (χ2v) is 11.9. The van der Waals surface area contributed by atoms with Gasteiger partial charge in [0.1, 0.15) is 0 Å². The van der Waals surface area contributed by atoms with Crippen LogP contribution in [0.2, 0.25) is 0 Å². The van der Waals surface area contributed by atoms with E-state index >= 15 is 0 Å². The molecule has 4 fully saturated rings. The number of rotatable bonds is 5. The number of nitrogens with zero attached hydrogens (tertiary/aromatic N) is 1. The first-order valence-electron chi connectivity index (χ1n) is 11.7. The van der Waals surface area contributed by atoms with Crippen LogP contribution in [0.25, 0.3) is 0 Å². The lowest BCUT2D eigenvalue weighted by Crippen LogP contribution is -2.74. The van der Waals surface area contributed by atoms with Gasteiger partial charge in [-0.25, -0.2) is 8.42 Å². The maximum absolute atomic E-state index is 13.4. The van der Waals surface area contributed by atoms with Gasteiger partial charge in [-0.3, -0.25) is 4.79 Å². The summed E-state index contributed by atoms with van der Waals surface area (Å²) in [5.41, 5.74) is 0. The summed E-state index contributed by atoms with van der Waals surface area (Å²) in [6, 6.07) is 0.148. The van der Waals surface area contributed by atoms with E-state index in [-0.39, 0.29) is 30.0 Å². The Bertz CT molecular complexity index is 713. The van der Waals surface area contributed by atoms with E-state index in [9.17, 15) is 18.1 Å². The fraction of sp³-hybridized carbons (Fsp3) is 0.952. The van der Waals surface area contributed by atoms with Gasteiger partial charge in [0.25, 0.3) is 0 Å². The molecule has 164 valence electrons. The lowest BCUT2D eigenvalue weighted by atomic mass is 9.86. The largest absolute Gasteiger partial charge is 0.353 e. The summed E-state index contributed by atoms with van der Waals surface area (Å²) in [5, 5.41) is 4.77. The highest BCUT2D eigenvalue weighted by Crippen LogP contribution is 2.40. The standard InChI is InChI=1S/C21H35N3O4S/c25-21(22-17-7-4-8-18(14-17)23-26)16-6-3-9-19(13-16)29(27,28)24-12-11-15-5-1-2-10-20(15)24/h15-20H,1-14H2,(H,22,25)/p+1. The second-order valence-electron chi connectivity index (χ2n) is 9.73. The Morgan fingerprint density at radius 1 is 0.897 bits per heavy atom. The van der Waals surface area contributed by atoms with Gasteiger partial charge in [0, 0.05) is 42.3 Å². The highest BCUT2D eigenvalue weighted by molar-refractivity contribution is 7.89. The van der Waals surface area contributed by atoms with Crippen molar-refractivity contribution in [1.29, 1.82) is 0 Å². The molecule has 3 saturated carbocycles. The topological polar surface area (TPSA) is 97.5 Å². The van der Waals surface area contributed by atoms with Crippen LogP contribution < -0.4 is 10.5 Å². The molecule has 1 aliphatic heterocycles. The van der Waals surface area contributed by atoms with E-state index in [2.05, 4.69) is 10.5 Å². The van der Waals surface area contributed by atoms with Crippen molar-refractivity contribution in [3.63, 3.8) is 0 Å². The molecular weight excluding hydrogens is 390 g/mol. The summed E-state index contributed by atoms with van der Waals surface area (Å²) in [6.45, 7) is 0.663. The average Bonchev–Trinajstić information content (AvgIpc) is 3.19. The molecule has 6 unspecified atom stereocenters. The molecule has 0 aromatic rings. The Kier molecular flexibility index (Phi) is 6.59. The molecule has 4 aliphatic rings. The zero-order valence-corrected chi connectivity index (χ0v) is 18.2. The van der Waals surface area contributed by atoms with Gasteiger partial charge in [-0.2, -0.15) is 4.31 Å². The fourth-order valence-electron chi connectivity index (χ4n) is 6.27. The summed E-state index contributed by atoms with van der Waals surface area (Å²) in [5.74, 6) is 0.294. The van der Waals surface area contributed by atoms with E-state index in [1.807, 2.05) is 4.31 Å². The smallest absolute Gasteiger partial charge is 0.223 e. The maximum Gasteiger partial charge on any atom is 0.223 e. The Hall–Kier alpha value is -1.02. The molecule has 7 nitrogen and oxygen atoms in total. The number of sulfonamides is 1. The number of fused-ring (bicyclic) bond motifs is 1. The Labute approximate surface area is 174 Å². The lowest BCUT2D eigenvalue weighted by molar-refractivity contribution is -0.529. The first-order chi connectivity index (χ1) is 14.0. The summed E-state index contributed by atoms with van der Waals surface area (Å²) in [7, 11) is -3.34. The van der Waals surface area contributed by atoms with Crippen LogP contribution in [0.15, 0.2) is 0 Å². The third-order valence-corrected chi connectivity index (χ3v) is 10.3. The van der Waals surface area contributed by atoms with Gasteiger partial charge >= 0.3 is 0 Å². The molecule has 3 aliphatic carbocycles. The number of carbonyl (C=O) groups is 1. The molecule has 1 saturated heterocycles. The molecule has 2 N–H and O–H groups in total. The highest BCUT2D eigenvalue weighted by Gasteiger charge is 2.46. The van der Waals surface area contributed by atoms with Crippen LogP contribution in [-0.4, -0.2) is 48.6 Å². The van der Waals surface area contributed by atoms with Gasteiger partial charge < -0.3 is 5.32 Å². The van der Waals surface area contributed by atoms with Gasteiger partial charge in [0.15, 0.2) is 0 Å². The van der Waals surface area contributed by atoms with Crippen LogP contribution in [0.1, 0.15) is 83.5 Å². The zero-order chi connectivity index (χ0) is 20.4. The lowest BCUT2D eigenvalue weighted by Gasteiger charge is -2.36. The minimum absolute atomic E-state index is 0.0154. The Morgan fingerprint density at radius 2 is 1.69 bits per heavy atom. The third kappa shape index (κ3) is 4.53. The SMILES string of the molecule is O=[NH+]C1CCCC(NC(=O)C2CCCC(S(=O)(=O)N3CCC4CCCCC43)C2)C1.